The number of amides is 1. The molecule has 1 amide bonds. The van der Waals surface area contributed by atoms with Crippen molar-refractivity contribution in [2.24, 2.45) is 0 Å². The summed E-state index contributed by atoms with van der Waals surface area (Å²) in [5.74, 6) is -0.251. The van der Waals surface area contributed by atoms with E-state index in [4.69, 9.17) is 21.1 Å². The predicted octanol–water partition coefficient (Wildman–Crippen LogP) is 3.69. The summed E-state index contributed by atoms with van der Waals surface area (Å²) in [7, 11) is 1.60. The van der Waals surface area contributed by atoms with Gasteiger partial charge in [-0.25, -0.2) is 0 Å². The van der Waals surface area contributed by atoms with E-state index in [-0.39, 0.29) is 5.91 Å². The van der Waals surface area contributed by atoms with E-state index < -0.39 is 5.97 Å². The van der Waals surface area contributed by atoms with Gasteiger partial charge in [-0.2, -0.15) is 0 Å². The quantitative estimate of drug-likeness (QED) is 0.552. The smallest absolute Gasteiger partial charge is 0.308 e. The minimum Gasteiger partial charge on any atom is -0.427 e. The summed E-state index contributed by atoms with van der Waals surface area (Å²) >= 11 is 6.29. The molecule has 0 aliphatic heterocycles. The largest absolute Gasteiger partial charge is 0.427 e. The van der Waals surface area contributed by atoms with Crippen LogP contribution < -0.4 is 15.4 Å². The number of aryl methyl sites for hydroxylation is 1. The molecule has 2 aromatic rings. The molecule has 1 aromatic heterocycles. The molecule has 0 unspecified atom stereocenters. The number of benzene rings is 1. The molecule has 27 heavy (non-hydrogen) atoms. The fraction of sp³-hybridized carbons (Fsp3) is 0.316. The molecule has 0 atom stereocenters. The third-order valence-corrected chi connectivity index (χ3v) is 3.93. The molecule has 2 N–H and O–H groups in total. The van der Waals surface area contributed by atoms with Gasteiger partial charge in [0.25, 0.3) is 0 Å². The first-order chi connectivity index (χ1) is 12.8. The lowest BCUT2D eigenvalue weighted by Gasteiger charge is -2.17. The molecule has 0 aliphatic carbocycles. The Morgan fingerprint density at radius 1 is 1.22 bits per heavy atom. The standard InChI is InChI=1S/C19H22ClN3O4/c1-11-5-15(27-13(3)25)7-17(19(11)23-12(2)24)22-9-18-16(20)6-14(8-21-18)10-26-4/h5-8,22H,9-10H2,1-4H3,(H,23,24). The minimum absolute atomic E-state index is 0.207. The Morgan fingerprint density at radius 3 is 2.56 bits per heavy atom. The van der Waals surface area contributed by atoms with E-state index in [2.05, 4.69) is 15.6 Å². The Morgan fingerprint density at radius 2 is 1.96 bits per heavy atom. The van der Waals surface area contributed by atoms with Crippen molar-refractivity contribution in [3.63, 3.8) is 0 Å². The van der Waals surface area contributed by atoms with Crippen LogP contribution in [0.25, 0.3) is 0 Å². The molecule has 0 saturated carbocycles. The normalized spacial score (nSPS) is 10.4. The second kappa shape index (κ2) is 9.34. The number of hydrogen-bond acceptors (Lipinski definition) is 6. The van der Waals surface area contributed by atoms with Crippen molar-refractivity contribution in [3.8, 4) is 5.75 Å². The Bertz CT molecular complexity index is 855. The van der Waals surface area contributed by atoms with Crippen LogP contribution in [0.1, 0.15) is 30.7 Å². The van der Waals surface area contributed by atoms with Gasteiger partial charge in [-0.05, 0) is 30.2 Å². The Labute approximate surface area is 163 Å². The molecule has 1 aromatic carbocycles. The lowest BCUT2D eigenvalue weighted by Crippen LogP contribution is -2.12. The fourth-order valence-electron chi connectivity index (χ4n) is 2.52. The molecule has 1 heterocycles. The highest BCUT2D eigenvalue weighted by Crippen LogP contribution is 2.32. The number of anilines is 2. The van der Waals surface area contributed by atoms with Gasteiger partial charge >= 0.3 is 5.97 Å². The van der Waals surface area contributed by atoms with Crippen LogP contribution in [-0.4, -0.2) is 24.0 Å². The zero-order valence-corrected chi connectivity index (χ0v) is 16.4. The summed E-state index contributed by atoms with van der Waals surface area (Å²) in [5.41, 5.74) is 3.46. The number of nitrogens with one attached hydrogen (secondary N) is 2. The lowest BCUT2D eigenvalue weighted by molar-refractivity contribution is -0.131. The van der Waals surface area contributed by atoms with Crippen molar-refractivity contribution >= 4 is 34.9 Å². The second-order valence-electron chi connectivity index (χ2n) is 6.00. The minimum atomic E-state index is -0.425. The third kappa shape index (κ3) is 5.94. The summed E-state index contributed by atoms with van der Waals surface area (Å²) in [6.45, 7) is 5.32. The first-order valence-corrected chi connectivity index (χ1v) is 8.64. The van der Waals surface area contributed by atoms with Gasteiger partial charge < -0.3 is 20.1 Å². The van der Waals surface area contributed by atoms with E-state index in [9.17, 15) is 9.59 Å². The van der Waals surface area contributed by atoms with Gasteiger partial charge in [0.05, 0.1) is 35.2 Å². The highest BCUT2D eigenvalue weighted by atomic mass is 35.5. The van der Waals surface area contributed by atoms with Crippen molar-refractivity contribution in [3.05, 3.63) is 46.2 Å². The highest BCUT2D eigenvalue weighted by molar-refractivity contribution is 6.31. The number of ether oxygens (including phenoxy) is 2. The van der Waals surface area contributed by atoms with Crippen molar-refractivity contribution < 1.29 is 19.1 Å². The van der Waals surface area contributed by atoms with Crippen LogP contribution in [0.15, 0.2) is 24.4 Å². The SMILES string of the molecule is COCc1cnc(CNc2cc(OC(C)=O)cc(C)c2NC(C)=O)c(Cl)c1. The molecule has 0 fully saturated rings. The zero-order chi connectivity index (χ0) is 20.0. The van der Waals surface area contributed by atoms with E-state index in [1.165, 1.54) is 13.8 Å². The second-order valence-corrected chi connectivity index (χ2v) is 6.40. The fourth-order valence-corrected chi connectivity index (χ4v) is 2.78. The maximum atomic E-state index is 11.5. The van der Waals surface area contributed by atoms with Gasteiger partial charge in [-0.1, -0.05) is 11.6 Å². The monoisotopic (exact) mass is 391 g/mol. The zero-order valence-electron chi connectivity index (χ0n) is 15.7. The summed E-state index contributed by atoms with van der Waals surface area (Å²) in [5, 5.41) is 6.49. The van der Waals surface area contributed by atoms with Crippen molar-refractivity contribution in [2.75, 3.05) is 17.7 Å². The van der Waals surface area contributed by atoms with Gasteiger partial charge in [0.2, 0.25) is 5.91 Å². The Hall–Kier alpha value is -2.64. The molecule has 2 rings (SSSR count). The number of esters is 1. The maximum Gasteiger partial charge on any atom is 0.308 e. The number of carbonyl (C=O) groups excluding carboxylic acids is 2. The van der Waals surface area contributed by atoms with E-state index in [1.54, 1.807) is 31.5 Å². The average molecular weight is 392 g/mol. The number of methoxy groups -OCH3 is 1. The van der Waals surface area contributed by atoms with Crippen LogP contribution in [0.2, 0.25) is 5.02 Å². The van der Waals surface area contributed by atoms with Crippen LogP contribution >= 0.6 is 11.6 Å². The predicted molar refractivity (Wildman–Crippen MR) is 104 cm³/mol. The van der Waals surface area contributed by atoms with Gasteiger partial charge in [0, 0.05) is 33.2 Å². The molecular formula is C19H22ClN3O4. The van der Waals surface area contributed by atoms with Gasteiger partial charge in [-0.15, -0.1) is 0 Å². The molecule has 144 valence electrons. The molecule has 0 spiro atoms. The molecule has 7 nitrogen and oxygen atoms in total. The first-order valence-electron chi connectivity index (χ1n) is 8.27. The van der Waals surface area contributed by atoms with E-state index in [0.717, 1.165) is 11.1 Å². The number of hydrogen-bond donors (Lipinski definition) is 2. The molecule has 0 aliphatic rings. The van der Waals surface area contributed by atoms with E-state index in [0.29, 0.717) is 41.0 Å². The number of halogens is 1. The van der Waals surface area contributed by atoms with Crippen LogP contribution in [0, 0.1) is 6.92 Å². The average Bonchev–Trinajstić information content (AvgIpc) is 2.56. The van der Waals surface area contributed by atoms with E-state index in [1.807, 2.05) is 6.92 Å². The van der Waals surface area contributed by atoms with Crippen molar-refractivity contribution in [1.29, 1.82) is 0 Å². The van der Waals surface area contributed by atoms with Crippen LogP contribution in [0.5, 0.6) is 5.75 Å². The Kier molecular flexibility index (Phi) is 7.15. The summed E-state index contributed by atoms with van der Waals surface area (Å²) in [4.78, 5) is 27.1. The topological polar surface area (TPSA) is 89.5 Å². The van der Waals surface area contributed by atoms with Gasteiger partial charge in [0.1, 0.15) is 5.75 Å². The number of pyridine rings is 1. The third-order valence-electron chi connectivity index (χ3n) is 3.60. The van der Waals surface area contributed by atoms with E-state index >= 15 is 0 Å². The van der Waals surface area contributed by atoms with Crippen LogP contribution in [0.4, 0.5) is 11.4 Å². The highest BCUT2D eigenvalue weighted by Gasteiger charge is 2.13. The molecular weight excluding hydrogens is 370 g/mol. The maximum absolute atomic E-state index is 11.5. The molecule has 8 heteroatoms. The van der Waals surface area contributed by atoms with Gasteiger partial charge in [-0.3, -0.25) is 14.6 Å². The van der Waals surface area contributed by atoms with Crippen molar-refractivity contribution in [2.45, 2.75) is 33.9 Å². The van der Waals surface area contributed by atoms with Crippen LogP contribution in [0.3, 0.4) is 0 Å². The van der Waals surface area contributed by atoms with Gasteiger partial charge in [0.15, 0.2) is 0 Å². The summed E-state index contributed by atoms with van der Waals surface area (Å²) < 4.78 is 10.2. The molecule has 0 bridgehead atoms. The number of carbonyl (C=O) groups is 2. The summed E-state index contributed by atoms with van der Waals surface area (Å²) in [6, 6.07) is 5.12. The Balaban J connectivity index is 2.28. The number of aromatic nitrogens is 1. The van der Waals surface area contributed by atoms with Crippen molar-refractivity contribution in [1.82, 2.24) is 4.98 Å². The molecule has 0 saturated heterocycles. The summed E-state index contributed by atoms with van der Waals surface area (Å²) in [6.07, 6.45) is 1.70. The number of rotatable bonds is 7. The molecule has 0 radical (unpaired) electrons. The van der Waals surface area contributed by atoms with Crippen LogP contribution in [-0.2, 0) is 27.5 Å². The lowest BCUT2D eigenvalue weighted by atomic mass is 10.1. The first kappa shape index (κ1) is 20.7. The number of nitrogens with zero attached hydrogens (tertiary/aromatic N) is 1.